The average molecular weight is 391 g/mol. The minimum Gasteiger partial charge on any atom is -0.488 e. The second-order valence-electron chi connectivity index (χ2n) is 6.78. The van der Waals surface area contributed by atoms with Crippen LogP contribution in [0.2, 0.25) is 0 Å². The number of hydrogen-bond donors (Lipinski definition) is 1. The molecule has 1 saturated heterocycles. The Bertz CT molecular complexity index is 816. The van der Waals surface area contributed by atoms with E-state index in [1.54, 1.807) is 18.3 Å². The Morgan fingerprint density at radius 1 is 1.21 bits per heavy atom. The molecule has 6 nitrogen and oxygen atoms in total. The Balaban J connectivity index is 1.82. The molecule has 1 aliphatic heterocycles. The number of anilines is 1. The summed E-state index contributed by atoms with van der Waals surface area (Å²) >= 11 is 0. The summed E-state index contributed by atoms with van der Waals surface area (Å²) in [4.78, 5) is 19.3. The van der Waals surface area contributed by atoms with Gasteiger partial charge in [0.15, 0.2) is 17.4 Å². The first-order valence-electron chi connectivity index (χ1n) is 9.18. The smallest absolute Gasteiger partial charge is 0.303 e. The highest BCUT2D eigenvalue weighted by molar-refractivity contribution is 5.76. The molecule has 28 heavy (non-hydrogen) atoms. The van der Waals surface area contributed by atoms with E-state index >= 15 is 0 Å². The van der Waals surface area contributed by atoms with Crippen LogP contribution in [0, 0.1) is 11.6 Å². The first-order chi connectivity index (χ1) is 13.5. The molecule has 0 amide bonds. The number of rotatable bonds is 7. The van der Waals surface area contributed by atoms with Crippen LogP contribution < -0.4 is 9.64 Å². The summed E-state index contributed by atoms with van der Waals surface area (Å²) in [6.07, 6.45) is 1.72. The van der Waals surface area contributed by atoms with E-state index in [1.807, 2.05) is 0 Å². The summed E-state index contributed by atoms with van der Waals surface area (Å²) in [6.45, 7) is 3.29. The topological polar surface area (TPSA) is 65.9 Å². The third-order valence-corrected chi connectivity index (χ3v) is 4.68. The normalized spacial score (nSPS) is 14.9. The van der Waals surface area contributed by atoms with Crippen LogP contribution in [0.3, 0.4) is 0 Å². The fourth-order valence-corrected chi connectivity index (χ4v) is 3.14. The highest BCUT2D eigenvalue weighted by Gasteiger charge is 2.21. The lowest BCUT2D eigenvalue weighted by Crippen LogP contribution is -2.45. The number of pyridine rings is 1. The third-order valence-electron chi connectivity index (χ3n) is 4.68. The van der Waals surface area contributed by atoms with Crippen LogP contribution in [0.4, 0.5) is 14.6 Å². The Labute approximate surface area is 162 Å². The number of nitrogens with zero attached hydrogens (tertiary/aromatic N) is 3. The van der Waals surface area contributed by atoms with Crippen molar-refractivity contribution in [1.29, 1.82) is 0 Å². The molecule has 1 aromatic heterocycles. The van der Waals surface area contributed by atoms with E-state index < -0.39 is 23.4 Å². The second kappa shape index (κ2) is 8.97. The first kappa shape index (κ1) is 20.0. The van der Waals surface area contributed by atoms with Gasteiger partial charge in [-0.15, -0.1) is 0 Å². The average Bonchev–Trinajstić information content (AvgIpc) is 2.67. The van der Waals surface area contributed by atoms with Crippen molar-refractivity contribution in [1.82, 2.24) is 9.88 Å². The molecule has 0 atom stereocenters. The summed E-state index contributed by atoms with van der Waals surface area (Å²) in [5.41, 5.74) is 1.04. The van der Waals surface area contributed by atoms with Gasteiger partial charge in [-0.3, -0.25) is 4.79 Å². The zero-order chi connectivity index (χ0) is 20.1. The number of aromatic nitrogens is 1. The molecule has 2 heterocycles. The first-order valence-corrected chi connectivity index (χ1v) is 9.18. The van der Waals surface area contributed by atoms with Gasteiger partial charge in [0.1, 0.15) is 5.82 Å². The van der Waals surface area contributed by atoms with Crippen LogP contribution in [-0.4, -0.2) is 60.8 Å². The summed E-state index contributed by atoms with van der Waals surface area (Å²) in [7, 11) is 2.05. The maximum atomic E-state index is 14.5. The standard InChI is InChI=1S/C20H23F2N3O3/c1-24-7-9-25(10-8-24)20-15(4-2-6-23-20)14-12-16(21)19(17(22)13-14)28-11-3-5-18(26)27/h2,4,6,12-13H,3,5,7-11H2,1H3,(H,26,27). The monoisotopic (exact) mass is 391 g/mol. The van der Waals surface area contributed by atoms with Crippen molar-refractivity contribution >= 4 is 11.8 Å². The van der Waals surface area contributed by atoms with Crippen LogP contribution >= 0.6 is 0 Å². The summed E-state index contributed by atoms with van der Waals surface area (Å²) in [5, 5.41) is 8.61. The summed E-state index contributed by atoms with van der Waals surface area (Å²) in [5.74, 6) is -2.41. The lowest BCUT2D eigenvalue weighted by atomic mass is 10.0. The summed E-state index contributed by atoms with van der Waals surface area (Å²) in [6, 6.07) is 5.99. The van der Waals surface area contributed by atoms with Crippen molar-refractivity contribution in [2.45, 2.75) is 12.8 Å². The quantitative estimate of drug-likeness (QED) is 0.732. The number of hydrogen-bond acceptors (Lipinski definition) is 5. The minimum absolute atomic E-state index is 0.0705. The van der Waals surface area contributed by atoms with Gasteiger partial charge in [-0.05, 0) is 43.3 Å². The number of carbonyl (C=O) groups is 1. The lowest BCUT2D eigenvalue weighted by Gasteiger charge is -2.34. The zero-order valence-corrected chi connectivity index (χ0v) is 15.7. The molecule has 2 aromatic rings. The van der Waals surface area contributed by atoms with Crippen LogP contribution in [0.5, 0.6) is 5.75 Å². The maximum absolute atomic E-state index is 14.5. The van der Waals surface area contributed by atoms with Crippen LogP contribution in [0.25, 0.3) is 11.1 Å². The molecule has 1 N–H and O–H groups in total. The van der Waals surface area contributed by atoms with Gasteiger partial charge in [0.2, 0.25) is 0 Å². The molecule has 3 rings (SSSR count). The largest absolute Gasteiger partial charge is 0.488 e. The van der Waals surface area contributed by atoms with Crippen LogP contribution in [0.1, 0.15) is 12.8 Å². The fraction of sp³-hybridized carbons (Fsp3) is 0.400. The second-order valence-corrected chi connectivity index (χ2v) is 6.78. The van der Waals surface area contributed by atoms with Crippen molar-refractivity contribution in [2.75, 3.05) is 44.7 Å². The number of piperazine rings is 1. The Morgan fingerprint density at radius 3 is 2.54 bits per heavy atom. The molecule has 0 radical (unpaired) electrons. The molecule has 1 aromatic carbocycles. The molecule has 0 saturated carbocycles. The maximum Gasteiger partial charge on any atom is 0.303 e. The predicted octanol–water partition coefficient (Wildman–Crippen LogP) is 3.02. The molecular weight excluding hydrogens is 368 g/mol. The van der Waals surface area contributed by atoms with E-state index in [0.29, 0.717) is 16.9 Å². The van der Waals surface area contributed by atoms with Gasteiger partial charge in [0.25, 0.3) is 0 Å². The van der Waals surface area contributed by atoms with Crippen molar-refractivity contribution in [3.8, 4) is 16.9 Å². The minimum atomic E-state index is -0.979. The Morgan fingerprint density at radius 2 is 1.89 bits per heavy atom. The van der Waals surface area contributed by atoms with Crippen LogP contribution in [0.15, 0.2) is 30.5 Å². The van der Waals surface area contributed by atoms with E-state index in [4.69, 9.17) is 9.84 Å². The van der Waals surface area contributed by atoms with E-state index in [2.05, 4.69) is 21.8 Å². The molecule has 0 spiro atoms. The summed E-state index contributed by atoms with van der Waals surface area (Å²) < 4.78 is 34.1. The molecule has 150 valence electrons. The van der Waals surface area contributed by atoms with E-state index in [-0.39, 0.29) is 19.4 Å². The van der Waals surface area contributed by atoms with E-state index in [9.17, 15) is 13.6 Å². The lowest BCUT2D eigenvalue weighted by molar-refractivity contribution is -0.137. The van der Waals surface area contributed by atoms with Gasteiger partial charge in [-0.2, -0.15) is 0 Å². The van der Waals surface area contributed by atoms with E-state index in [0.717, 1.165) is 26.2 Å². The van der Waals surface area contributed by atoms with Gasteiger partial charge in [-0.25, -0.2) is 13.8 Å². The third kappa shape index (κ3) is 4.75. The fourth-order valence-electron chi connectivity index (χ4n) is 3.14. The molecular formula is C20H23F2N3O3. The molecule has 1 aliphatic rings. The van der Waals surface area contributed by atoms with Gasteiger partial charge in [-0.1, -0.05) is 0 Å². The van der Waals surface area contributed by atoms with Gasteiger partial charge in [0.05, 0.1) is 6.61 Å². The number of benzene rings is 1. The van der Waals surface area contributed by atoms with Gasteiger partial charge >= 0.3 is 5.97 Å². The number of likely N-dealkylation sites (N-methyl/N-ethyl adjacent to an activating group) is 1. The number of aliphatic carboxylic acids is 1. The number of ether oxygens (including phenoxy) is 1. The zero-order valence-electron chi connectivity index (χ0n) is 15.7. The van der Waals surface area contributed by atoms with Gasteiger partial charge < -0.3 is 19.6 Å². The molecule has 0 unspecified atom stereocenters. The Kier molecular flexibility index (Phi) is 6.41. The van der Waals surface area contributed by atoms with Crippen LogP contribution in [-0.2, 0) is 4.79 Å². The number of carboxylic acid groups (broad SMARTS) is 1. The molecule has 1 fully saturated rings. The highest BCUT2D eigenvalue weighted by Crippen LogP contribution is 2.34. The number of carboxylic acids is 1. The predicted molar refractivity (Wildman–Crippen MR) is 102 cm³/mol. The van der Waals surface area contributed by atoms with Crippen molar-refractivity contribution in [3.05, 3.63) is 42.1 Å². The Hall–Kier alpha value is -2.74. The van der Waals surface area contributed by atoms with Crippen molar-refractivity contribution in [2.24, 2.45) is 0 Å². The SMILES string of the molecule is CN1CCN(c2ncccc2-c2cc(F)c(OCCCC(=O)O)c(F)c2)CC1. The molecule has 0 aliphatic carbocycles. The van der Waals surface area contributed by atoms with E-state index in [1.165, 1.54) is 12.1 Å². The van der Waals surface area contributed by atoms with Crippen molar-refractivity contribution in [3.63, 3.8) is 0 Å². The molecule has 0 bridgehead atoms. The number of halogens is 2. The van der Waals surface area contributed by atoms with Gasteiger partial charge in [0, 0.05) is 44.4 Å². The molecule has 8 heteroatoms. The highest BCUT2D eigenvalue weighted by atomic mass is 19.1. The van der Waals surface area contributed by atoms with Crippen molar-refractivity contribution < 1.29 is 23.4 Å².